The molecule has 2 rings (SSSR count). The highest BCUT2D eigenvalue weighted by Crippen LogP contribution is 2.21. The predicted molar refractivity (Wildman–Crippen MR) is 68.0 cm³/mol. The molecule has 1 fully saturated rings. The molecule has 102 valence electrons. The molecule has 1 atom stereocenters. The van der Waals surface area contributed by atoms with Gasteiger partial charge in [-0.2, -0.15) is 5.26 Å². The van der Waals surface area contributed by atoms with Crippen LogP contribution in [0.4, 0.5) is 4.39 Å². The van der Waals surface area contributed by atoms with Crippen molar-refractivity contribution < 1.29 is 13.9 Å². The second-order valence-corrected chi connectivity index (χ2v) is 4.72. The van der Waals surface area contributed by atoms with Crippen molar-refractivity contribution in [3.05, 3.63) is 35.1 Å². The van der Waals surface area contributed by atoms with Crippen LogP contribution in [-0.2, 0) is 16.0 Å². The normalized spacial score (nSPS) is 22.4. The Balaban J connectivity index is 1.91. The summed E-state index contributed by atoms with van der Waals surface area (Å²) in [7, 11) is 1.68. The van der Waals surface area contributed by atoms with Crippen molar-refractivity contribution >= 4 is 0 Å². The Morgan fingerprint density at radius 3 is 3.05 bits per heavy atom. The zero-order valence-electron chi connectivity index (χ0n) is 10.9. The van der Waals surface area contributed by atoms with Gasteiger partial charge in [-0.3, -0.25) is 0 Å². The van der Waals surface area contributed by atoms with Crippen molar-refractivity contribution in [1.82, 2.24) is 5.32 Å². The summed E-state index contributed by atoms with van der Waals surface area (Å²) in [5, 5.41) is 12.0. The first-order chi connectivity index (χ1) is 9.19. The van der Waals surface area contributed by atoms with Crippen LogP contribution in [0.1, 0.15) is 17.5 Å². The van der Waals surface area contributed by atoms with Gasteiger partial charge in [0.15, 0.2) is 0 Å². The lowest BCUT2D eigenvalue weighted by molar-refractivity contribution is -0.0159. The summed E-state index contributed by atoms with van der Waals surface area (Å²) < 4.78 is 24.0. The number of nitrogens with one attached hydrogen (secondary N) is 1. The number of methoxy groups -OCH3 is 1. The number of hydrogen-bond acceptors (Lipinski definition) is 4. The summed E-state index contributed by atoms with van der Waals surface area (Å²) in [6, 6.07) is 6.39. The van der Waals surface area contributed by atoms with Crippen LogP contribution in [0.5, 0.6) is 0 Å². The van der Waals surface area contributed by atoms with E-state index in [0.29, 0.717) is 26.3 Å². The van der Waals surface area contributed by atoms with Crippen molar-refractivity contribution in [2.75, 3.05) is 26.9 Å². The van der Waals surface area contributed by atoms with Crippen molar-refractivity contribution in [3.8, 4) is 6.07 Å². The maximum atomic E-state index is 13.2. The molecule has 0 saturated carbocycles. The monoisotopic (exact) mass is 264 g/mol. The Kier molecular flexibility index (Phi) is 4.48. The van der Waals surface area contributed by atoms with Gasteiger partial charge in [0.25, 0.3) is 0 Å². The molecule has 0 aliphatic carbocycles. The highest BCUT2D eigenvalue weighted by Gasteiger charge is 2.34. The van der Waals surface area contributed by atoms with E-state index in [0.717, 1.165) is 12.0 Å². The molecular formula is C14H17FN2O2. The first-order valence-electron chi connectivity index (χ1n) is 6.21. The minimum Gasteiger partial charge on any atom is -0.378 e. The van der Waals surface area contributed by atoms with Crippen LogP contribution in [0, 0.1) is 17.1 Å². The number of benzene rings is 1. The molecule has 1 N–H and O–H groups in total. The lowest BCUT2D eigenvalue weighted by atomic mass is 10.0. The number of hydrogen-bond donors (Lipinski definition) is 1. The molecule has 1 heterocycles. The molecule has 19 heavy (non-hydrogen) atoms. The van der Waals surface area contributed by atoms with E-state index in [1.807, 2.05) is 6.07 Å². The third-order valence-corrected chi connectivity index (χ3v) is 3.43. The molecule has 0 aromatic heterocycles. The Morgan fingerprint density at radius 1 is 1.58 bits per heavy atom. The van der Waals surface area contributed by atoms with Gasteiger partial charge in [-0.25, -0.2) is 4.39 Å². The maximum Gasteiger partial charge on any atom is 0.140 e. The first kappa shape index (κ1) is 13.9. The van der Waals surface area contributed by atoms with Crippen LogP contribution in [0.2, 0.25) is 0 Å². The lowest BCUT2D eigenvalue weighted by Crippen LogP contribution is -2.42. The fraction of sp³-hybridized carbons (Fsp3) is 0.500. The van der Waals surface area contributed by atoms with Crippen molar-refractivity contribution in [2.24, 2.45) is 0 Å². The van der Waals surface area contributed by atoms with Gasteiger partial charge in [0.05, 0.1) is 12.2 Å². The first-order valence-corrected chi connectivity index (χ1v) is 6.21. The van der Waals surface area contributed by atoms with E-state index >= 15 is 0 Å². The molecular weight excluding hydrogens is 247 g/mol. The summed E-state index contributed by atoms with van der Waals surface area (Å²) in [5.74, 6) is -0.483. The third-order valence-electron chi connectivity index (χ3n) is 3.43. The summed E-state index contributed by atoms with van der Waals surface area (Å²) in [6.07, 6.45) is 0.864. The Labute approximate surface area is 112 Å². The van der Waals surface area contributed by atoms with Crippen LogP contribution in [0.15, 0.2) is 18.2 Å². The average molecular weight is 264 g/mol. The minimum absolute atomic E-state index is 0.0740. The molecule has 1 aromatic rings. The number of nitrogens with zero attached hydrogens (tertiary/aromatic N) is 1. The van der Waals surface area contributed by atoms with Crippen molar-refractivity contribution in [2.45, 2.75) is 18.6 Å². The molecule has 1 aliphatic rings. The van der Waals surface area contributed by atoms with Crippen LogP contribution < -0.4 is 5.32 Å². The van der Waals surface area contributed by atoms with E-state index in [9.17, 15) is 4.39 Å². The molecule has 0 radical (unpaired) electrons. The molecule has 0 bridgehead atoms. The molecule has 1 aromatic carbocycles. The standard InChI is InChI=1S/C14H17FN2O2/c1-18-14(4-5-19-10-14)9-17-8-11-2-3-13(15)12(6-11)7-16/h2-3,6,17H,4-5,8-10H2,1H3. The summed E-state index contributed by atoms with van der Waals surface area (Å²) >= 11 is 0. The highest BCUT2D eigenvalue weighted by atomic mass is 19.1. The van der Waals surface area contributed by atoms with Crippen molar-refractivity contribution in [3.63, 3.8) is 0 Å². The van der Waals surface area contributed by atoms with E-state index in [-0.39, 0.29) is 11.2 Å². The summed E-state index contributed by atoms with van der Waals surface area (Å²) in [6.45, 7) is 2.54. The Bertz CT molecular complexity index is 479. The fourth-order valence-corrected chi connectivity index (χ4v) is 2.16. The number of rotatable bonds is 5. The summed E-state index contributed by atoms with van der Waals surface area (Å²) in [5.41, 5.74) is 0.686. The Hall–Kier alpha value is -1.48. The van der Waals surface area contributed by atoms with Gasteiger partial charge >= 0.3 is 0 Å². The third kappa shape index (κ3) is 3.29. The molecule has 0 spiro atoms. The van der Waals surface area contributed by atoms with E-state index in [2.05, 4.69) is 5.32 Å². The van der Waals surface area contributed by atoms with Gasteiger partial charge in [0, 0.05) is 33.2 Å². The highest BCUT2D eigenvalue weighted by molar-refractivity contribution is 5.34. The number of ether oxygens (including phenoxy) is 2. The summed E-state index contributed by atoms with van der Waals surface area (Å²) in [4.78, 5) is 0. The minimum atomic E-state index is -0.483. The lowest BCUT2D eigenvalue weighted by Gasteiger charge is -2.26. The predicted octanol–water partition coefficient (Wildman–Crippen LogP) is 1.59. The molecule has 1 saturated heterocycles. The van der Waals surface area contributed by atoms with E-state index in [1.165, 1.54) is 6.07 Å². The van der Waals surface area contributed by atoms with Crippen LogP contribution in [0.3, 0.4) is 0 Å². The smallest absolute Gasteiger partial charge is 0.140 e. The Morgan fingerprint density at radius 2 is 2.42 bits per heavy atom. The van der Waals surface area contributed by atoms with Crippen molar-refractivity contribution in [1.29, 1.82) is 5.26 Å². The SMILES string of the molecule is COC1(CNCc2ccc(F)c(C#N)c2)CCOC1. The average Bonchev–Trinajstić information content (AvgIpc) is 2.90. The topological polar surface area (TPSA) is 54.3 Å². The zero-order chi connectivity index (χ0) is 13.7. The molecule has 5 heteroatoms. The van der Waals surface area contributed by atoms with Gasteiger partial charge in [0.1, 0.15) is 17.5 Å². The second kappa shape index (κ2) is 6.11. The number of nitriles is 1. The van der Waals surface area contributed by atoms with Gasteiger partial charge < -0.3 is 14.8 Å². The fourth-order valence-electron chi connectivity index (χ4n) is 2.16. The maximum absolute atomic E-state index is 13.2. The van der Waals surface area contributed by atoms with E-state index < -0.39 is 5.82 Å². The second-order valence-electron chi connectivity index (χ2n) is 4.72. The van der Waals surface area contributed by atoms with Gasteiger partial charge in [0.2, 0.25) is 0 Å². The van der Waals surface area contributed by atoms with E-state index in [4.69, 9.17) is 14.7 Å². The van der Waals surface area contributed by atoms with Crippen LogP contribution in [-0.4, -0.2) is 32.5 Å². The van der Waals surface area contributed by atoms with Crippen LogP contribution in [0.25, 0.3) is 0 Å². The van der Waals surface area contributed by atoms with Gasteiger partial charge in [-0.05, 0) is 17.7 Å². The van der Waals surface area contributed by atoms with E-state index in [1.54, 1.807) is 19.2 Å². The quantitative estimate of drug-likeness (QED) is 0.877. The molecule has 0 amide bonds. The molecule has 1 aliphatic heterocycles. The molecule has 1 unspecified atom stereocenters. The largest absolute Gasteiger partial charge is 0.378 e. The number of halogens is 1. The molecule has 4 nitrogen and oxygen atoms in total. The van der Waals surface area contributed by atoms with Gasteiger partial charge in [-0.1, -0.05) is 6.07 Å². The van der Waals surface area contributed by atoms with Gasteiger partial charge in [-0.15, -0.1) is 0 Å². The zero-order valence-corrected chi connectivity index (χ0v) is 10.9. The van der Waals surface area contributed by atoms with Crippen LogP contribution >= 0.6 is 0 Å².